The first-order chi connectivity index (χ1) is 8.60. The molecular formula is C13H17NO2S2. The molecule has 1 heterocycles. The summed E-state index contributed by atoms with van der Waals surface area (Å²) in [5.41, 5.74) is 0.988. The van der Waals surface area contributed by atoms with Crippen LogP contribution in [0.15, 0.2) is 6.07 Å². The fourth-order valence-electron chi connectivity index (χ4n) is 1.35. The molecule has 0 aromatic carbocycles. The molecule has 1 N–H and O–H groups in total. The highest BCUT2D eigenvalue weighted by Crippen LogP contribution is 2.22. The Balaban J connectivity index is 2.81. The molecular weight excluding hydrogens is 266 g/mol. The Kier molecular flexibility index (Phi) is 6.27. The van der Waals surface area contributed by atoms with Gasteiger partial charge >= 0.3 is 0 Å². The molecule has 0 bridgehead atoms. The van der Waals surface area contributed by atoms with E-state index in [1.165, 1.54) is 11.3 Å². The number of nitrogens with zero attached hydrogens (tertiary/aromatic N) is 1. The summed E-state index contributed by atoms with van der Waals surface area (Å²) in [4.78, 5) is 15.4. The maximum Gasteiger partial charge on any atom is 0.263 e. The number of carbonyl (C=O) groups excluding carboxylic acids is 1. The zero-order chi connectivity index (χ0) is 13.5. The van der Waals surface area contributed by atoms with Crippen LogP contribution in [0.1, 0.15) is 20.1 Å². The summed E-state index contributed by atoms with van der Waals surface area (Å²) >= 11 is 3.11. The van der Waals surface area contributed by atoms with E-state index in [0.717, 1.165) is 22.7 Å². The summed E-state index contributed by atoms with van der Waals surface area (Å²) in [7, 11) is 1.81. The summed E-state index contributed by atoms with van der Waals surface area (Å²) in [6, 6.07) is 1.87. The van der Waals surface area contributed by atoms with Crippen molar-refractivity contribution < 1.29 is 9.90 Å². The van der Waals surface area contributed by atoms with Crippen molar-refractivity contribution >= 4 is 29.0 Å². The normalized spacial score (nSPS) is 9.78. The molecule has 0 fully saturated rings. The third-order valence-corrected chi connectivity index (χ3v) is 4.12. The van der Waals surface area contributed by atoms with Gasteiger partial charge < -0.3 is 10.0 Å². The first-order valence-corrected chi connectivity index (χ1v) is 7.75. The predicted octanol–water partition coefficient (Wildman–Crippen LogP) is 1.84. The van der Waals surface area contributed by atoms with Crippen LogP contribution in [0.25, 0.3) is 0 Å². The van der Waals surface area contributed by atoms with E-state index in [2.05, 4.69) is 11.8 Å². The minimum Gasteiger partial charge on any atom is -0.384 e. The van der Waals surface area contributed by atoms with Crippen molar-refractivity contribution in [2.45, 2.75) is 6.92 Å². The number of rotatable bonds is 4. The number of aryl methyl sites for hydroxylation is 1. The van der Waals surface area contributed by atoms with E-state index in [-0.39, 0.29) is 12.5 Å². The second kappa shape index (κ2) is 7.47. The van der Waals surface area contributed by atoms with Crippen molar-refractivity contribution in [1.29, 1.82) is 0 Å². The van der Waals surface area contributed by atoms with Crippen molar-refractivity contribution in [2.24, 2.45) is 0 Å². The number of thioether (sulfide) groups is 1. The lowest BCUT2D eigenvalue weighted by atomic mass is 10.2. The number of hydrogen-bond donors (Lipinski definition) is 1. The molecule has 0 saturated carbocycles. The number of thiophene rings is 1. The number of aliphatic hydroxyl groups excluding tert-OH is 1. The third kappa shape index (κ3) is 4.05. The van der Waals surface area contributed by atoms with Crippen molar-refractivity contribution in [3.63, 3.8) is 0 Å². The standard InChI is InChI=1S/C13H17NO2S2/c1-10-9-12(18-11(10)5-4-7-15)13(16)14(2)6-8-17-3/h9,15H,6-8H2,1-3H3. The lowest BCUT2D eigenvalue weighted by Gasteiger charge is -2.14. The van der Waals surface area contributed by atoms with Crippen LogP contribution < -0.4 is 0 Å². The van der Waals surface area contributed by atoms with E-state index in [9.17, 15) is 4.79 Å². The highest BCUT2D eigenvalue weighted by molar-refractivity contribution is 7.98. The zero-order valence-corrected chi connectivity index (χ0v) is 12.5. The maximum absolute atomic E-state index is 12.1. The van der Waals surface area contributed by atoms with Crippen LogP contribution in [0.2, 0.25) is 0 Å². The number of carbonyl (C=O) groups is 1. The van der Waals surface area contributed by atoms with Crippen LogP contribution in [0, 0.1) is 18.8 Å². The molecule has 1 aromatic heterocycles. The van der Waals surface area contributed by atoms with Crippen LogP contribution in [-0.2, 0) is 0 Å². The average Bonchev–Trinajstić information content (AvgIpc) is 2.73. The molecule has 0 aliphatic heterocycles. The van der Waals surface area contributed by atoms with Crippen LogP contribution in [0.4, 0.5) is 0 Å². The molecule has 5 heteroatoms. The fraction of sp³-hybridized carbons (Fsp3) is 0.462. The van der Waals surface area contributed by atoms with Gasteiger partial charge in [0.2, 0.25) is 0 Å². The van der Waals surface area contributed by atoms with Crippen molar-refractivity contribution in [1.82, 2.24) is 4.90 Å². The molecule has 0 saturated heterocycles. The molecule has 3 nitrogen and oxygen atoms in total. The lowest BCUT2D eigenvalue weighted by Crippen LogP contribution is -2.28. The van der Waals surface area contributed by atoms with E-state index in [0.29, 0.717) is 4.88 Å². The summed E-state index contributed by atoms with van der Waals surface area (Å²) < 4.78 is 0. The molecule has 1 rings (SSSR count). The molecule has 0 atom stereocenters. The second-order valence-electron chi connectivity index (χ2n) is 3.80. The van der Waals surface area contributed by atoms with Gasteiger partial charge in [0.1, 0.15) is 6.61 Å². The van der Waals surface area contributed by atoms with Gasteiger partial charge in [0.15, 0.2) is 0 Å². The average molecular weight is 283 g/mol. The highest BCUT2D eigenvalue weighted by Gasteiger charge is 2.15. The molecule has 1 amide bonds. The second-order valence-corrected chi connectivity index (χ2v) is 5.84. The molecule has 0 radical (unpaired) electrons. The molecule has 0 unspecified atom stereocenters. The molecule has 98 valence electrons. The summed E-state index contributed by atoms with van der Waals surface area (Å²) in [5, 5.41) is 8.67. The Morgan fingerprint density at radius 1 is 1.61 bits per heavy atom. The lowest BCUT2D eigenvalue weighted by molar-refractivity contribution is 0.0808. The molecule has 18 heavy (non-hydrogen) atoms. The largest absolute Gasteiger partial charge is 0.384 e. The van der Waals surface area contributed by atoms with Crippen LogP contribution in [-0.4, -0.2) is 48.1 Å². The number of amides is 1. The van der Waals surface area contributed by atoms with Crippen molar-refractivity contribution in [2.75, 3.05) is 32.2 Å². The topological polar surface area (TPSA) is 40.5 Å². The minimum absolute atomic E-state index is 0.0363. The van der Waals surface area contributed by atoms with Crippen molar-refractivity contribution in [3.8, 4) is 11.8 Å². The third-order valence-electron chi connectivity index (χ3n) is 2.39. The maximum atomic E-state index is 12.1. The minimum atomic E-state index is -0.158. The highest BCUT2D eigenvalue weighted by atomic mass is 32.2. The van der Waals surface area contributed by atoms with E-state index < -0.39 is 0 Å². The Bertz CT molecular complexity index is 471. The van der Waals surface area contributed by atoms with Gasteiger partial charge in [-0.1, -0.05) is 11.8 Å². The van der Waals surface area contributed by atoms with Gasteiger partial charge in [0, 0.05) is 19.3 Å². The van der Waals surface area contributed by atoms with Gasteiger partial charge in [-0.3, -0.25) is 4.79 Å². The molecule has 0 aliphatic rings. The van der Waals surface area contributed by atoms with E-state index in [4.69, 9.17) is 5.11 Å². The van der Waals surface area contributed by atoms with E-state index in [1.807, 2.05) is 26.3 Å². The number of hydrogen-bond acceptors (Lipinski definition) is 4. The number of aliphatic hydroxyl groups is 1. The monoisotopic (exact) mass is 283 g/mol. The van der Waals surface area contributed by atoms with Gasteiger partial charge in [0.25, 0.3) is 5.91 Å². The van der Waals surface area contributed by atoms with Crippen LogP contribution in [0.5, 0.6) is 0 Å². The summed E-state index contributed by atoms with van der Waals surface area (Å²) in [6.07, 6.45) is 2.02. The SMILES string of the molecule is CSCCN(C)C(=O)c1cc(C)c(C#CCO)s1. The first-order valence-electron chi connectivity index (χ1n) is 5.54. The Morgan fingerprint density at radius 2 is 2.33 bits per heavy atom. The Morgan fingerprint density at radius 3 is 2.94 bits per heavy atom. The van der Waals surface area contributed by atoms with E-state index >= 15 is 0 Å². The smallest absolute Gasteiger partial charge is 0.263 e. The fourth-order valence-corrected chi connectivity index (χ4v) is 2.85. The Hall–Kier alpha value is -0.960. The molecule has 1 aromatic rings. The van der Waals surface area contributed by atoms with Gasteiger partial charge in [-0.25, -0.2) is 0 Å². The van der Waals surface area contributed by atoms with Gasteiger partial charge in [-0.05, 0) is 24.8 Å². The van der Waals surface area contributed by atoms with Gasteiger partial charge in [-0.15, -0.1) is 11.3 Å². The molecule has 0 spiro atoms. The van der Waals surface area contributed by atoms with Gasteiger partial charge in [-0.2, -0.15) is 11.8 Å². The van der Waals surface area contributed by atoms with Crippen molar-refractivity contribution in [3.05, 3.63) is 21.4 Å². The summed E-state index contributed by atoms with van der Waals surface area (Å²) in [6.45, 7) is 2.51. The van der Waals surface area contributed by atoms with Crippen LogP contribution >= 0.6 is 23.1 Å². The predicted molar refractivity (Wildman–Crippen MR) is 78.4 cm³/mol. The van der Waals surface area contributed by atoms with E-state index in [1.54, 1.807) is 16.7 Å². The zero-order valence-electron chi connectivity index (χ0n) is 10.8. The van der Waals surface area contributed by atoms with Gasteiger partial charge in [0.05, 0.1) is 9.75 Å². The quantitative estimate of drug-likeness (QED) is 0.857. The first kappa shape index (κ1) is 15.1. The molecule has 0 aliphatic carbocycles. The van der Waals surface area contributed by atoms with Crippen LogP contribution in [0.3, 0.4) is 0 Å². The summed E-state index contributed by atoms with van der Waals surface area (Å²) in [5.74, 6) is 6.44. The Labute approximate surface area is 116 Å².